The molecule has 1 aliphatic heterocycles. The van der Waals surface area contributed by atoms with Gasteiger partial charge in [0.25, 0.3) is 0 Å². The van der Waals surface area contributed by atoms with Gasteiger partial charge in [0.05, 0.1) is 25.7 Å². The van der Waals surface area contributed by atoms with Gasteiger partial charge in [-0.05, 0) is 30.5 Å². The van der Waals surface area contributed by atoms with Crippen molar-refractivity contribution < 1.29 is 14.3 Å². The number of hydrogen-bond acceptors (Lipinski definition) is 4. The van der Waals surface area contributed by atoms with E-state index in [0.717, 1.165) is 17.5 Å². The fourth-order valence-electron chi connectivity index (χ4n) is 2.91. The highest BCUT2D eigenvalue weighted by atomic mass is 16.5. The maximum Gasteiger partial charge on any atom is 0.223 e. The van der Waals surface area contributed by atoms with Crippen molar-refractivity contribution in [1.82, 2.24) is 10.3 Å². The third-order valence-electron chi connectivity index (χ3n) is 4.07. The van der Waals surface area contributed by atoms with Gasteiger partial charge in [-0.15, -0.1) is 0 Å². The number of nitrogens with one attached hydrogen (secondary N) is 1. The van der Waals surface area contributed by atoms with E-state index in [9.17, 15) is 4.79 Å². The number of carbonyl (C=O) groups excluding carboxylic acids is 1. The molecule has 0 bridgehead atoms. The van der Waals surface area contributed by atoms with Crippen LogP contribution in [0.2, 0.25) is 0 Å². The molecule has 0 saturated carbocycles. The molecule has 5 nitrogen and oxygen atoms in total. The minimum absolute atomic E-state index is 0.0389. The van der Waals surface area contributed by atoms with Crippen LogP contribution in [0.15, 0.2) is 42.6 Å². The molecular weight excluding hydrogens is 304 g/mol. The number of pyridine rings is 1. The number of ether oxygens (including phenoxy) is 2. The van der Waals surface area contributed by atoms with Crippen molar-refractivity contribution in [3.8, 4) is 5.88 Å². The molecule has 0 radical (unpaired) electrons. The van der Waals surface area contributed by atoms with Crippen LogP contribution in [0.25, 0.3) is 0 Å². The first kappa shape index (κ1) is 16.5. The molecule has 3 rings (SSSR count). The van der Waals surface area contributed by atoms with Crippen molar-refractivity contribution in [3.05, 3.63) is 59.3 Å². The molecule has 1 atom stereocenters. The lowest BCUT2D eigenvalue weighted by molar-refractivity contribution is -0.124. The molecule has 5 heteroatoms. The van der Waals surface area contributed by atoms with Crippen LogP contribution in [0.5, 0.6) is 5.88 Å². The van der Waals surface area contributed by atoms with Crippen LogP contribution in [0, 0.1) is 0 Å². The fraction of sp³-hybridized carbons (Fsp3) is 0.368. The van der Waals surface area contributed by atoms with E-state index in [-0.39, 0.29) is 12.0 Å². The summed E-state index contributed by atoms with van der Waals surface area (Å²) >= 11 is 0. The maximum absolute atomic E-state index is 12.3. The minimum Gasteiger partial charge on any atom is -0.478 e. The van der Waals surface area contributed by atoms with Crippen LogP contribution >= 0.6 is 0 Å². The van der Waals surface area contributed by atoms with Gasteiger partial charge in [0.1, 0.15) is 0 Å². The molecule has 24 heavy (non-hydrogen) atoms. The van der Waals surface area contributed by atoms with Gasteiger partial charge in [-0.25, -0.2) is 4.98 Å². The quantitative estimate of drug-likeness (QED) is 0.887. The van der Waals surface area contributed by atoms with Crippen LogP contribution in [0.1, 0.15) is 36.1 Å². The molecule has 0 spiro atoms. The second-order valence-electron chi connectivity index (χ2n) is 5.69. The molecule has 126 valence electrons. The highest BCUT2D eigenvalue weighted by Gasteiger charge is 2.23. The summed E-state index contributed by atoms with van der Waals surface area (Å²) in [4.78, 5) is 16.5. The summed E-state index contributed by atoms with van der Waals surface area (Å²) in [5, 5.41) is 2.94. The molecule has 0 saturated heterocycles. The molecular formula is C19H22N2O3. The van der Waals surface area contributed by atoms with Crippen LogP contribution in [0.4, 0.5) is 0 Å². The van der Waals surface area contributed by atoms with E-state index in [4.69, 9.17) is 9.47 Å². The molecule has 1 aromatic heterocycles. The highest BCUT2D eigenvalue weighted by Crippen LogP contribution is 2.29. The van der Waals surface area contributed by atoms with Crippen molar-refractivity contribution in [2.24, 2.45) is 0 Å². The maximum atomic E-state index is 12.3. The molecule has 1 aliphatic rings. The zero-order chi connectivity index (χ0) is 16.8. The van der Waals surface area contributed by atoms with E-state index in [2.05, 4.69) is 16.4 Å². The number of hydrogen-bond donors (Lipinski definition) is 1. The molecule has 1 unspecified atom stereocenters. The van der Waals surface area contributed by atoms with Gasteiger partial charge >= 0.3 is 0 Å². The van der Waals surface area contributed by atoms with Crippen molar-refractivity contribution >= 4 is 5.91 Å². The standard InChI is InChI=1S/C19H22N2O3/c1-2-23-19-15(7-5-10-20-19)13-21-18(22)12-17-16-8-4-3-6-14(16)9-11-24-17/h3-8,10,17H,2,9,11-13H2,1H3,(H,21,22). The number of fused-ring (bicyclic) bond motifs is 1. The first-order valence-corrected chi connectivity index (χ1v) is 8.30. The Labute approximate surface area is 142 Å². The second kappa shape index (κ2) is 7.93. The lowest BCUT2D eigenvalue weighted by Gasteiger charge is -2.25. The molecule has 1 N–H and O–H groups in total. The lowest BCUT2D eigenvalue weighted by Crippen LogP contribution is -2.27. The van der Waals surface area contributed by atoms with Gasteiger partial charge < -0.3 is 14.8 Å². The van der Waals surface area contributed by atoms with Crippen molar-refractivity contribution in [2.75, 3.05) is 13.2 Å². The number of carbonyl (C=O) groups is 1. The SMILES string of the molecule is CCOc1ncccc1CNC(=O)CC1OCCc2ccccc21. The van der Waals surface area contributed by atoms with E-state index in [1.165, 1.54) is 5.56 Å². The van der Waals surface area contributed by atoms with E-state index in [1.807, 2.05) is 37.3 Å². The predicted molar refractivity (Wildman–Crippen MR) is 90.7 cm³/mol. The first-order valence-electron chi connectivity index (χ1n) is 8.30. The summed E-state index contributed by atoms with van der Waals surface area (Å²) in [5.74, 6) is 0.530. The van der Waals surface area contributed by atoms with Crippen molar-refractivity contribution in [1.29, 1.82) is 0 Å². The topological polar surface area (TPSA) is 60.5 Å². The molecule has 0 aliphatic carbocycles. The Morgan fingerprint density at radius 1 is 1.33 bits per heavy atom. The molecule has 0 fully saturated rings. The Kier molecular flexibility index (Phi) is 5.43. The Morgan fingerprint density at radius 2 is 2.21 bits per heavy atom. The van der Waals surface area contributed by atoms with Crippen LogP contribution < -0.4 is 10.1 Å². The fourth-order valence-corrected chi connectivity index (χ4v) is 2.91. The average molecular weight is 326 g/mol. The summed E-state index contributed by atoms with van der Waals surface area (Å²) in [6, 6.07) is 11.9. The Hall–Kier alpha value is -2.40. The molecule has 2 aromatic rings. The van der Waals surface area contributed by atoms with Crippen LogP contribution in [-0.2, 0) is 22.5 Å². The number of rotatable bonds is 6. The summed E-state index contributed by atoms with van der Waals surface area (Å²) in [6.07, 6.45) is 2.74. The van der Waals surface area contributed by atoms with E-state index in [1.54, 1.807) is 6.20 Å². The third kappa shape index (κ3) is 3.92. The number of aromatic nitrogens is 1. The number of amides is 1. The summed E-state index contributed by atoms with van der Waals surface area (Å²) in [7, 11) is 0. The van der Waals surface area contributed by atoms with Crippen molar-refractivity contribution in [3.63, 3.8) is 0 Å². The monoisotopic (exact) mass is 326 g/mol. The summed E-state index contributed by atoms with van der Waals surface area (Å²) in [6.45, 7) is 3.52. The Balaban J connectivity index is 1.59. The molecule has 1 amide bonds. The highest BCUT2D eigenvalue weighted by molar-refractivity contribution is 5.76. The van der Waals surface area contributed by atoms with Gasteiger partial charge in [-0.2, -0.15) is 0 Å². The van der Waals surface area contributed by atoms with Gasteiger partial charge in [0, 0.05) is 18.3 Å². The van der Waals surface area contributed by atoms with Gasteiger partial charge in [0.15, 0.2) is 0 Å². The Morgan fingerprint density at radius 3 is 3.08 bits per heavy atom. The molecule has 2 heterocycles. The summed E-state index contributed by atoms with van der Waals surface area (Å²) in [5.41, 5.74) is 3.26. The second-order valence-corrected chi connectivity index (χ2v) is 5.69. The van der Waals surface area contributed by atoms with Crippen LogP contribution in [-0.4, -0.2) is 24.1 Å². The predicted octanol–water partition coefficient (Wildman–Crippen LogP) is 2.80. The first-order chi connectivity index (χ1) is 11.8. The van der Waals surface area contributed by atoms with E-state index >= 15 is 0 Å². The summed E-state index contributed by atoms with van der Waals surface area (Å²) < 4.78 is 11.3. The van der Waals surface area contributed by atoms with Crippen LogP contribution in [0.3, 0.4) is 0 Å². The van der Waals surface area contributed by atoms with E-state index < -0.39 is 0 Å². The minimum atomic E-state index is -0.171. The zero-order valence-electron chi connectivity index (χ0n) is 13.8. The van der Waals surface area contributed by atoms with E-state index in [0.29, 0.717) is 32.1 Å². The van der Waals surface area contributed by atoms with Crippen molar-refractivity contribution in [2.45, 2.75) is 32.4 Å². The third-order valence-corrected chi connectivity index (χ3v) is 4.07. The van der Waals surface area contributed by atoms with Gasteiger partial charge in [-0.3, -0.25) is 4.79 Å². The smallest absolute Gasteiger partial charge is 0.223 e. The average Bonchev–Trinajstić information content (AvgIpc) is 2.62. The Bertz CT molecular complexity index is 703. The normalized spacial score (nSPS) is 16.3. The zero-order valence-corrected chi connectivity index (χ0v) is 13.8. The lowest BCUT2D eigenvalue weighted by atomic mass is 9.95. The number of nitrogens with zero attached hydrogens (tertiary/aromatic N) is 1. The molecule has 1 aromatic carbocycles. The van der Waals surface area contributed by atoms with Gasteiger partial charge in [0.2, 0.25) is 11.8 Å². The largest absolute Gasteiger partial charge is 0.478 e. The van der Waals surface area contributed by atoms with Gasteiger partial charge in [-0.1, -0.05) is 30.3 Å². The number of benzene rings is 1.